The highest BCUT2D eigenvalue weighted by atomic mass is 32.2. The van der Waals surface area contributed by atoms with Crippen molar-refractivity contribution in [2.75, 3.05) is 24.6 Å². The maximum atomic E-state index is 14.1. The summed E-state index contributed by atoms with van der Waals surface area (Å²) in [6, 6.07) is 13.5. The second-order valence-corrected chi connectivity index (χ2v) is 10.7. The van der Waals surface area contributed by atoms with E-state index in [1.807, 2.05) is 56.3 Å². The second kappa shape index (κ2) is 11.7. The van der Waals surface area contributed by atoms with E-state index in [2.05, 4.69) is 5.10 Å². The summed E-state index contributed by atoms with van der Waals surface area (Å²) in [5.41, 5.74) is 3.44. The van der Waals surface area contributed by atoms with Crippen LogP contribution < -0.4 is 13.8 Å². The molecule has 0 saturated carbocycles. The van der Waals surface area contributed by atoms with Crippen molar-refractivity contribution >= 4 is 33.8 Å². The Morgan fingerprint density at radius 1 is 1.18 bits per heavy atom. The Balaban J connectivity index is 1.75. The van der Waals surface area contributed by atoms with E-state index in [0.717, 1.165) is 16.7 Å². The average Bonchev–Trinajstić information content (AvgIpc) is 3.35. The van der Waals surface area contributed by atoms with Crippen LogP contribution in [0.3, 0.4) is 0 Å². The minimum atomic E-state index is -4.08. The van der Waals surface area contributed by atoms with Gasteiger partial charge in [-0.1, -0.05) is 42.5 Å². The number of hydrogen-bond acceptors (Lipinski definition) is 7. The number of aromatic nitrogens is 2. The standard InChI is InChI=1S/C28H33N3O6S/c1-5-30-19-26(28(29-30)36-6-2)38(33,34)31-18-23(14-16-27(32)35-4)37-25-15-12-21(17-24(25)31)11-13-22-10-8-7-9-20(22)3/h7-13,15,17,19,23H,5-6,14,16,18H2,1-4H3. The molecule has 0 saturated heterocycles. The molecular formula is C28H33N3O6S. The number of sulfonamides is 1. The SMILES string of the molecule is CCOc1nn(CC)cc1S(=O)(=O)N1CC(CCC(=O)OC)Oc2ccc(C=Cc3ccccc3C)cc21. The lowest BCUT2D eigenvalue weighted by Gasteiger charge is -2.35. The molecule has 9 nitrogen and oxygen atoms in total. The summed E-state index contributed by atoms with van der Waals surface area (Å²) in [6.45, 7) is 6.49. The largest absolute Gasteiger partial charge is 0.486 e. The fourth-order valence-electron chi connectivity index (χ4n) is 4.23. The van der Waals surface area contributed by atoms with Crippen molar-refractivity contribution in [2.45, 2.75) is 51.2 Å². The zero-order valence-electron chi connectivity index (χ0n) is 22.1. The van der Waals surface area contributed by atoms with E-state index in [-0.39, 0.29) is 36.3 Å². The summed E-state index contributed by atoms with van der Waals surface area (Å²) in [7, 11) is -2.76. The van der Waals surface area contributed by atoms with Crippen LogP contribution in [0.4, 0.5) is 5.69 Å². The molecule has 0 spiro atoms. The van der Waals surface area contributed by atoms with Gasteiger partial charge in [0, 0.05) is 19.2 Å². The molecule has 0 radical (unpaired) electrons. The van der Waals surface area contributed by atoms with Crippen LogP contribution in [0.15, 0.2) is 53.6 Å². The number of nitrogens with zero attached hydrogens (tertiary/aromatic N) is 3. The number of carbonyl (C=O) groups is 1. The predicted octanol–water partition coefficient (Wildman–Crippen LogP) is 4.69. The Hall–Kier alpha value is -3.79. The number of esters is 1. The summed E-state index contributed by atoms with van der Waals surface area (Å²) < 4.78 is 47.5. The summed E-state index contributed by atoms with van der Waals surface area (Å²) in [4.78, 5) is 11.8. The van der Waals surface area contributed by atoms with Crippen LogP contribution in [0.25, 0.3) is 12.2 Å². The molecule has 1 atom stereocenters. The van der Waals surface area contributed by atoms with Crippen LogP contribution in [0.5, 0.6) is 11.6 Å². The van der Waals surface area contributed by atoms with Gasteiger partial charge in [-0.2, -0.15) is 0 Å². The minimum Gasteiger partial charge on any atom is -0.486 e. The molecule has 10 heteroatoms. The number of carbonyl (C=O) groups excluding carboxylic acids is 1. The number of hydrogen-bond donors (Lipinski definition) is 0. The third-order valence-corrected chi connectivity index (χ3v) is 8.09. The molecular weight excluding hydrogens is 506 g/mol. The van der Waals surface area contributed by atoms with Gasteiger partial charge in [0.15, 0.2) is 4.90 Å². The van der Waals surface area contributed by atoms with Gasteiger partial charge in [-0.05, 0) is 56.0 Å². The van der Waals surface area contributed by atoms with Crippen molar-refractivity contribution < 1.29 is 27.4 Å². The van der Waals surface area contributed by atoms with Crippen LogP contribution in [-0.4, -0.2) is 50.5 Å². The molecule has 0 amide bonds. The van der Waals surface area contributed by atoms with Crippen molar-refractivity contribution in [3.8, 4) is 11.6 Å². The highest BCUT2D eigenvalue weighted by molar-refractivity contribution is 7.93. The van der Waals surface area contributed by atoms with E-state index in [9.17, 15) is 13.2 Å². The lowest BCUT2D eigenvalue weighted by atomic mass is 10.1. The number of rotatable bonds is 10. The Bertz CT molecular complexity index is 1430. The third-order valence-electron chi connectivity index (χ3n) is 6.33. The van der Waals surface area contributed by atoms with Gasteiger partial charge in [-0.25, -0.2) is 8.42 Å². The summed E-state index contributed by atoms with van der Waals surface area (Å²) in [5.74, 6) is 0.0982. The van der Waals surface area contributed by atoms with E-state index in [0.29, 0.717) is 24.4 Å². The van der Waals surface area contributed by atoms with Gasteiger partial charge in [0.1, 0.15) is 11.9 Å². The van der Waals surface area contributed by atoms with Gasteiger partial charge >= 0.3 is 5.97 Å². The average molecular weight is 540 g/mol. The normalized spacial score (nSPS) is 15.3. The van der Waals surface area contributed by atoms with Crippen LogP contribution in [-0.2, 0) is 26.1 Å². The van der Waals surface area contributed by atoms with E-state index in [4.69, 9.17) is 14.2 Å². The smallest absolute Gasteiger partial charge is 0.305 e. The van der Waals surface area contributed by atoms with Crippen molar-refractivity contribution in [3.05, 3.63) is 65.4 Å². The first-order chi connectivity index (χ1) is 18.3. The van der Waals surface area contributed by atoms with Crippen molar-refractivity contribution in [3.63, 3.8) is 0 Å². The van der Waals surface area contributed by atoms with Crippen LogP contribution in [0.2, 0.25) is 0 Å². The van der Waals surface area contributed by atoms with E-state index in [1.54, 1.807) is 19.1 Å². The number of ether oxygens (including phenoxy) is 3. The summed E-state index contributed by atoms with van der Waals surface area (Å²) >= 11 is 0. The maximum Gasteiger partial charge on any atom is 0.305 e. The third kappa shape index (κ3) is 5.85. The molecule has 3 aromatic rings. The molecule has 1 aromatic heterocycles. The van der Waals surface area contributed by atoms with E-state index >= 15 is 0 Å². The quantitative estimate of drug-likeness (QED) is 0.272. The van der Waals surface area contributed by atoms with Gasteiger partial charge in [0.2, 0.25) is 0 Å². The molecule has 1 unspecified atom stereocenters. The number of aryl methyl sites for hydroxylation is 2. The van der Waals surface area contributed by atoms with Gasteiger partial charge < -0.3 is 14.2 Å². The molecule has 0 N–H and O–H groups in total. The lowest BCUT2D eigenvalue weighted by molar-refractivity contribution is -0.141. The number of methoxy groups -OCH3 is 1. The number of benzene rings is 2. The van der Waals surface area contributed by atoms with Crippen LogP contribution in [0, 0.1) is 6.92 Å². The van der Waals surface area contributed by atoms with Crippen LogP contribution >= 0.6 is 0 Å². The zero-order valence-corrected chi connectivity index (χ0v) is 22.9. The van der Waals surface area contributed by atoms with Crippen LogP contribution in [0.1, 0.15) is 43.4 Å². The predicted molar refractivity (Wildman–Crippen MR) is 146 cm³/mol. The molecule has 1 aliphatic heterocycles. The molecule has 0 aliphatic carbocycles. The van der Waals surface area contributed by atoms with Crippen molar-refractivity contribution in [2.24, 2.45) is 0 Å². The van der Waals surface area contributed by atoms with E-state index in [1.165, 1.54) is 22.3 Å². The summed E-state index contributed by atoms with van der Waals surface area (Å²) in [6.07, 6.45) is 5.30. The van der Waals surface area contributed by atoms with Gasteiger partial charge in [0.25, 0.3) is 15.9 Å². The topological polar surface area (TPSA) is 100.0 Å². The van der Waals surface area contributed by atoms with Gasteiger partial charge in [-0.3, -0.25) is 13.8 Å². The monoisotopic (exact) mass is 539 g/mol. The molecule has 202 valence electrons. The maximum absolute atomic E-state index is 14.1. The molecule has 2 aromatic carbocycles. The molecule has 1 aliphatic rings. The Morgan fingerprint density at radius 3 is 2.68 bits per heavy atom. The molecule has 4 rings (SSSR count). The van der Waals surface area contributed by atoms with E-state index < -0.39 is 16.1 Å². The Morgan fingerprint density at radius 2 is 1.97 bits per heavy atom. The highest BCUT2D eigenvalue weighted by Crippen LogP contribution is 2.40. The first-order valence-corrected chi connectivity index (χ1v) is 14.0. The molecule has 38 heavy (non-hydrogen) atoms. The molecule has 2 heterocycles. The summed E-state index contributed by atoms with van der Waals surface area (Å²) in [5, 5.41) is 4.30. The zero-order chi connectivity index (χ0) is 27.3. The van der Waals surface area contributed by atoms with Gasteiger partial charge in [-0.15, -0.1) is 5.10 Å². The Kier molecular flexibility index (Phi) is 8.41. The molecule has 0 bridgehead atoms. The lowest BCUT2D eigenvalue weighted by Crippen LogP contribution is -2.43. The van der Waals surface area contributed by atoms with Crippen molar-refractivity contribution in [1.29, 1.82) is 0 Å². The molecule has 0 fully saturated rings. The fraction of sp³-hybridized carbons (Fsp3) is 0.357. The fourth-order valence-corrected chi connectivity index (χ4v) is 5.81. The number of anilines is 1. The highest BCUT2D eigenvalue weighted by Gasteiger charge is 2.37. The number of fused-ring (bicyclic) bond motifs is 1. The first-order valence-electron chi connectivity index (χ1n) is 12.6. The van der Waals surface area contributed by atoms with Gasteiger partial charge in [0.05, 0.1) is 25.9 Å². The first kappa shape index (κ1) is 27.3. The van der Waals surface area contributed by atoms with Crippen molar-refractivity contribution in [1.82, 2.24) is 9.78 Å². The minimum absolute atomic E-state index is 0.0124. The second-order valence-electron chi connectivity index (χ2n) is 8.90. The Labute approximate surface area is 223 Å².